The second-order valence-corrected chi connectivity index (χ2v) is 8.51. The van der Waals surface area contributed by atoms with Gasteiger partial charge in [0.25, 0.3) is 5.91 Å². The number of para-hydroxylation sites is 1. The molecule has 0 saturated heterocycles. The molecule has 0 aliphatic carbocycles. The summed E-state index contributed by atoms with van der Waals surface area (Å²) in [4.78, 5) is 20.7. The van der Waals surface area contributed by atoms with Gasteiger partial charge in [-0.2, -0.15) is 0 Å². The van der Waals surface area contributed by atoms with E-state index < -0.39 is 0 Å². The number of fused-ring (bicyclic) bond motifs is 1. The maximum Gasteiger partial charge on any atom is 0.278 e. The molecule has 144 valence electrons. The van der Waals surface area contributed by atoms with Crippen LogP contribution in [0.15, 0.2) is 60.7 Å². The van der Waals surface area contributed by atoms with E-state index in [9.17, 15) is 4.79 Å². The zero-order valence-corrected chi connectivity index (χ0v) is 17.2. The Morgan fingerprint density at radius 2 is 1.93 bits per heavy atom. The number of likely N-dealkylation sites (N-methyl/N-ethyl adjacent to an activating group) is 1. The molecular weight excluding hydrogens is 366 g/mol. The number of hydrogen-bond acceptors (Lipinski definition) is 3. The highest BCUT2D eigenvalue weighted by molar-refractivity contribution is 7.18. The highest BCUT2D eigenvalue weighted by Gasteiger charge is 2.25. The predicted molar refractivity (Wildman–Crippen MR) is 115 cm³/mol. The number of carbonyl (C=O) groups excluding carboxylic acids is 1. The molecule has 1 unspecified atom stereocenters. The average Bonchev–Trinajstić information content (AvgIpc) is 3.18. The van der Waals surface area contributed by atoms with Crippen LogP contribution in [0.5, 0.6) is 0 Å². The quantitative estimate of drug-likeness (QED) is 0.724. The Kier molecular flexibility index (Phi) is 5.55. The van der Waals surface area contributed by atoms with Crippen LogP contribution >= 0.6 is 11.3 Å². The number of rotatable bonds is 5. The Balaban J connectivity index is 1.37. The van der Waals surface area contributed by atoms with Gasteiger partial charge >= 0.3 is 0 Å². The first-order chi connectivity index (χ1) is 13.6. The zero-order valence-electron chi connectivity index (χ0n) is 16.4. The lowest BCUT2D eigenvalue weighted by Gasteiger charge is -2.28. The summed E-state index contributed by atoms with van der Waals surface area (Å²) in [6.45, 7) is 4.14. The zero-order chi connectivity index (χ0) is 19.5. The Labute approximate surface area is 170 Å². The van der Waals surface area contributed by atoms with Gasteiger partial charge in [-0.15, -0.1) is 11.3 Å². The number of nitrogens with one attached hydrogen (secondary N) is 1. The molecule has 2 aromatic carbocycles. The van der Waals surface area contributed by atoms with Gasteiger partial charge in [-0.1, -0.05) is 48.5 Å². The molecule has 1 amide bonds. The molecule has 0 spiro atoms. The van der Waals surface area contributed by atoms with Crippen LogP contribution in [0.1, 0.15) is 30.0 Å². The van der Waals surface area contributed by atoms with Crippen LogP contribution in [0.25, 0.3) is 15.8 Å². The van der Waals surface area contributed by atoms with E-state index in [0.717, 1.165) is 23.5 Å². The van der Waals surface area contributed by atoms with Crippen molar-refractivity contribution in [3.8, 4) is 0 Å². The molecule has 0 radical (unpaired) electrons. The third-order valence-corrected chi connectivity index (χ3v) is 6.78. The molecule has 1 aliphatic rings. The normalized spacial score (nSPS) is 16.6. The average molecular weight is 393 g/mol. The first kappa shape index (κ1) is 18.8. The number of hydrogen-bond donors (Lipinski definition) is 1. The number of quaternary nitrogens is 1. The van der Waals surface area contributed by atoms with Crippen LogP contribution < -0.4 is 4.90 Å². The molecule has 0 fully saturated rings. The molecule has 2 heterocycles. The molecule has 2 atom stereocenters. The molecule has 4 nitrogen and oxygen atoms in total. The Morgan fingerprint density at radius 3 is 2.64 bits per heavy atom. The molecule has 0 bridgehead atoms. The Bertz CT molecular complexity index is 962. The van der Waals surface area contributed by atoms with Gasteiger partial charge in [0.15, 0.2) is 11.6 Å². The van der Waals surface area contributed by atoms with Crippen LogP contribution in [0.2, 0.25) is 0 Å². The van der Waals surface area contributed by atoms with E-state index in [0.29, 0.717) is 13.1 Å². The van der Waals surface area contributed by atoms with Crippen molar-refractivity contribution in [3.05, 3.63) is 71.2 Å². The maximum atomic E-state index is 12.8. The van der Waals surface area contributed by atoms with E-state index in [2.05, 4.69) is 50.4 Å². The summed E-state index contributed by atoms with van der Waals surface area (Å²) in [5.74, 6) is 0.217. The minimum Gasteiger partial charge on any atom is -0.334 e. The molecule has 1 N–H and O–H groups in total. The fraction of sp³-hybridized carbons (Fsp3) is 0.304. The number of benzene rings is 2. The van der Waals surface area contributed by atoms with Gasteiger partial charge in [-0.05, 0) is 36.6 Å². The van der Waals surface area contributed by atoms with Crippen molar-refractivity contribution >= 4 is 33.0 Å². The molecule has 3 aromatic rings. The van der Waals surface area contributed by atoms with Gasteiger partial charge < -0.3 is 9.80 Å². The number of carbonyl (C=O) groups is 1. The maximum absolute atomic E-state index is 12.8. The van der Waals surface area contributed by atoms with Crippen molar-refractivity contribution in [1.82, 2.24) is 9.88 Å². The van der Waals surface area contributed by atoms with Crippen LogP contribution in [0.3, 0.4) is 0 Å². The summed E-state index contributed by atoms with van der Waals surface area (Å²) in [5.41, 5.74) is 3.65. The summed E-state index contributed by atoms with van der Waals surface area (Å²) in [7, 11) is 2.09. The van der Waals surface area contributed by atoms with Gasteiger partial charge in [-0.3, -0.25) is 4.79 Å². The lowest BCUT2D eigenvalue weighted by Crippen LogP contribution is -3.10. The van der Waals surface area contributed by atoms with E-state index in [4.69, 9.17) is 4.98 Å². The minimum absolute atomic E-state index is 0.196. The molecule has 1 aromatic heterocycles. The van der Waals surface area contributed by atoms with E-state index >= 15 is 0 Å². The van der Waals surface area contributed by atoms with E-state index in [1.807, 2.05) is 29.2 Å². The van der Waals surface area contributed by atoms with Crippen molar-refractivity contribution < 1.29 is 9.69 Å². The summed E-state index contributed by atoms with van der Waals surface area (Å²) < 4.78 is 1.21. The number of aromatic nitrogens is 1. The molecule has 5 heteroatoms. The van der Waals surface area contributed by atoms with Crippen molar-refractivity contribution in [2.45, 2.75) is 19.4 Å². The van der Waals surface area contributed by atoms with Gasteiger partial charge in [0, 0.05) is 13.1 Å². The summed E-state index contributed by atoms with van der Waals surface area (Å²) in [5, 5.41) is 1.09. The SMILES string of the molecule is C[C@@H](c1nc2ccccc2s1)[NH+](C)CC(=O)N1CC=C(c2ccccc2)CC1. The van der Waals surface area contributed by atoms with Gasteiger partial charge in [0.05, 0.1) is 17.3 Å². The number of amides is 1. The third-order valence-electron chi connectivity index (χ3n) is 5.56. The lowest BCUT2D eigenvalue weighted by molar-refractivity contribution is -0.902. The van der Waals surface area contributed by atoms with Gasteiger partial charge in [0.1, 0.15) is 6.04 Å². The summed E-state index contributed by atoms with van der Waals surface area (Å²) in [6.07, 6.45) is 3.12. The van der Waals surface area contributed by atoms with Gasteiger partial charge in [0.2, 0.25) is 0 Å². The van der Waals surface area contributed by atoms with Gasteiger partial charge in [-0.25, -0.2) is 4.98 Å². The first-order valence-corrected chi connectivity index (χ1v) is 10.6. The topological polar surface area (TPSA) is 37.6 Å². The summed E-state index contributed by atoms with van der Waals surface area (Å²) in [6, 6.07) is 18.9. The van der Waals surface area contributed by atoms with Crippen LogP contribution in [-0.2, 0) is 4.79 Å². The summed E-state index contributed by atoms with van der Waals surface area (Å²) >= 11 is 1.73. The van der Waals surface area contributed by atoms with Crippen LogP contribution in [0, 0.1) is 0 Å². The first-order valence-electron chi connectivity index (χ1n) is 9.82. The number of thiazole rings is 1. The van der Waals surface area contributed by atoms with Crippen molar-refractivity contribution in [1.29, 1.82) is 0 Å². The van der Waals surface area contributed by atoms with Crippen LogP contribution in [0.4, 0.5) is 0 Å². The van der Waals surface area contributed by atoms with E-state index in [-0.39, 0.29) is 11.9 Å². The predicted octanol–water partition coefficient (Wildman–Crippen LogP) is 3.19. The monoisotopic (exact) mass is 392 g/mol. The fourth-order valence-corrected chi connectivity index (χ4v) is 4.71. The van der Waals surface area contributed by atoms with Crippen molar-refractivity contribution in [3.63, 3.8) is 0 Å². The molecular formula is C23H26N3OS+. The Hall–Kier alpha value is -2.50. The van der Waals surface area contributed by atoms with Crippen LogP contribution in [-0.4, -0.2) is 42.5 Å². The minimum atomic E-state index is 0.196. The Morgan fingerprint density at radius 1 is 1.18 bits per heavy atom. The standard InChI is InChI=1S/C23H25N3OS/c1-17(23-24-20-10-6-7-11-21(20)28-23)25(2)16-22(27)26-14-12-19(13-15-26)18-8-4-3-5-9-18/h3-12,17H,13-16H2,1-2H3/p+1/t17-/m0/s1. The lowest BCUT2D eigenvalue weighted by atomic mass is 9.99. The van der Waals surface area contributed by atoms with Crippen molar-refractivity contribution in [2.24, 2.45) is 0 Å². The van der Waals surface area contributed by atoms with E-state index in [1.54, 1.807) is 11.3 Å². The highest BCUT2D eigenvalue weighted by atomic mass is 32.1. The molecule has 4 rings (SSSR count). The smallest absolute Gasteiger partial charge is 0.278 e. The molecule has 1 aliphatic heterocycles. The highest BCUT2D eigenvalue weighted by Crippen LogP contribution is 2.25. The largest absolute Gasteiger partial charge is 0.334 e. The van der Waals surface area contributed by atoms with E-state index in [1.165, 1.54) is 20.7 Å². The second-order valence-electron chi connectivity index (χ2n) is 7.45. The molecule has 0 saturated carbocycles. The fourth-order valence-electron chi connectivity index (χ4n) is 3.60. The second kappa shape index (κ2) is 8.25. The number of nitrogens with zero attached hydrogens (tertiary/aromatic N) is 2. The third kappa shape index (κ3) is 4.01. The van der Waals surface area contributed by atoms with Crippen molar-refractivity contribution in [2.75, 3.05) is 26.7 Å². The molecule has 28 heavy (non-hydrogen) atoms.